The number of aryl methyl sites for hydroxylation is 1. The van der Waals surface area contributed by atoms with Gasteiger partial charge in [-0.3, -0.25) is 4.79 Å². The van der Waals surface area contributed by atoms with Crippen LogP contribution in [0.2, 0.25) is 0 Å². The summed E-state index contributed by atoms with van der Waals surface area (Å²) in [6.07, 6.45) is 1.69. The van der Waals surface area contributed by atoms with E-state index in [9.17, 15) is 9.90 Å². The van der Waals surface area contributed by atoms with Gasteiger partial charge in [-0.1, -0.05) is 17.7 Å². The number of nitrogens with zero attached hydrogens (tertiary/aromatic N) is 1. The Kier molecular flexibility index (Phi) is 4.65. The van der Waals surface area contributed by atoms with E-state index < -0.39 is 5.60 Å². The Morgan fingerprint density at radius 3 is 2.50 bits per heavy atom. The van der Waals surface area contributed by atoms with E-state index in [4.69, 9.17) is 4.74 Å². The van der Waals surface area contributed by atoms with Gasteiger partial charge in [0.15, 0.2) is 0 Å². The third kappa shape index (κ3) is 4.23. The predicted molar refractivity (Wildman–Crippen MR) is 77.7 cm³/mol. The first-order valence-electron chi connectivity index (χ1n) is 7.16. The van der Waals surface area contributed by atoms with Gasteiger partial charge in [0.1, 0.15) is 5.75 Å². The molecule has 1 saturated heterocycles. The molecule has 0 atom stereocenters. The third-order valence-corrected chi connectivity index (χ3v) is 3.80. The maximum Gasteiger partial charge on any atom is 0.226 e. The normalized spacial score (nSPS) is 17.9. The first-order valence-corrected chi connectivity index (χ1v) is 7.16. The van der Waals surface area contributed by atoms with E-state index in [1.807, 2.05) is 43.0 Å². The van der Waals surface area contributed by atoms with Gasteiger partial charge in [0.25, 0.3) is 0 Å². The molecule has 0 radical (unpaired) electrons. The van der Waals surface area contributed by atoms with E-state index >= 15 is 0 Å². The average molecular weight is 277 g/mol. The van der Waals surface area contributed by atoms with Crippen LogP contribution in [-0.4, -0.2) is 41.2 Å². The number of aliphatic hydroxyl groups is 1. The fraction of sp³-hybridized carbons (Fsp3) is 0.562. The summed E-state index contributed by atoms with van der Waals surface area (Å²) in [5.41, 5.74) is 0.573. The van der Waals surface area contributed by atoms with E-state index in [0.29, 0.717) is 39.0 Å². The smallest absolute Gasteiger partial charge is 0.226 e. The highest BCUT2D eigenvalue weighted by Crippen LogP contribution is 2.21. The summed E-state index contributed by atoms with van der Waals surface area (Å²) in [7, 11) is 0. The molecule has 1 N–H and O–H groups in total. The zero-order valence-electron chi connectivity index (χ0n) is 12.3. The standard InChI is InChI=1S/C16H23NO3/c1-13-3-5-14(6-4-13)20-12-7-15(18)17-10-8-16(2,19)9-11-17/h3-6,19H,7-12H2,1-2H3. The average Bonchev–Trinajstić information content (AvgIpc) is 2.41. The van der Waals surface area contributed by atoms with E-state index in [-0.39, 0.29) is 5.91 Å². The first kappa shape index (κ1) is 14.9. The summed E-state index contributed by atoms with van der Waals surface area (Å²) >= 11 is 0. The van der Waals surface area contributed by atoms with Crippen LogP contribution in [0.25, 0.3) is 0 Å². The van der Waals surface area contributed by atoms with Crippen molar-refractivity contribution in [2.75, 3.05) is 19.7 Å². The Hall–Kier alpha value is -1.55. The third-order valence-electron chi connectivity index (χ3n) is 3.80. The van der Waals surface area contributed by atoms with Crippen molar-refractivity contribution in [2.45, 2.75) is 38.7 Å². The van der Waals surface area contributed by atoms with Crippen LogP contribution in [-0.2, 0) is 4.79 Å². The fourth-order valence-electron chi connectivity index (χ4n) is 2.29. The molecule has 1 aromatic rings. The van der Waals surface area contributed by atoms with Crippen molar-refractivity contribution in [3.05, 3.63) is 29.8 Å². The van der Waals surface area contributed by atoms with Crippen molar-refractivity contribution in [2.24, 2.45) is 0 Å². The van der Waals surface area contributed by atoms with Crippen molar-refractivity contribution in [1.82, 2.24) is 4.90 Å². The SMILES string of the molecule is Cc1ccc(OCCC(=O)N2CCC(C)(O)CC2)cc1. The minimum atomic E-state index is -0.616. The summed E-state index contributed by atoms with van der Waals surface area (Å²) in [5.74, 6) is 0.901. The summed E-state index contributed by atoms with van der Waals surface area (Å²) in [6.45, 7) is 5.52. The topological polar surface area (TPSA) is 49.8 Å². The summed E-state index contributed by atoms with van der Waals surface area (Å²) < 4.78 is 5.57. The number of likely N-dealkylation sites (tertiary alicyclic amines) is 1. The molecule has 1 aliphatic rings. The second-order valence-corrected chi connectivity index (χ2v) is 5.79. The highest BCUT2D eigenvalue weighted by molar-refractivity contribution is 5.76. The molecule has 1 aromatic carbocycles. The number of ether oxygens (including phenoxy) is 1. The number of hydrogen-bond acceptors (Lipinski definition) is 3. The number of piperidine rings is 1. The molecular weight excluding hydrogens is 254 g/mol. The molecule has 0 saturated carbocycles. The van der Waals surface area contributed by atoms with Gasteiger partial charge in [-0.05, 0) is 38.8 Å². The molecule has 4 nitrogen and oxygen atoms in total. The van der Waals surface area contributed by atoms with Crippen molar-refractivity contribution >= 4 is 5.91 Å². The number of amides is 1. The number of carbonyl (C=O) groups is 1. The molecule has 20 heavy (non-hydrogen) atoms. The lowest BCUT2D eigenvalue weighted by Crippen LogP contribution is -2.45. The number of hydrogen-bond donors (Lipinski definition) is 1. The molecule has 0 aliphatic carbocycles. The van der Waals surface area contributed by atoms with E-state index in [1.165, 1.54) is 5.56 Å². The van der Waals surface area contributed by atoms with E-state index in [2.05, 4.69) is 0 Å². The number of carbonyl (C=O) groups excluding carboxylic acids is 1. The van der Waals surface area contributed by atoms with Gasteiger partial charge in [-0.25, -0.2) is 0 Å². The zero-order chi connectivity index (χ0) is 14.6. The van der Waals surface area contributed by atoms with Crippen LogP contribution in [0.15, 0.2) is 24.3 Å². The van der Waals surface area contributed by atoms with Crippen LogP contribution in [0.1, 0.15) is 31.7 Å². The molecule has 1 heterocycles. The van der Waals surface area contributed by atoms with Crippen LogP contribution in [0.3, 0.4) is 0 Å². The number of rotatable bonds is 4. The maximum absolute atomic E-state index is 12.0. The van der Waals surface area contributed by atoms with Crippen molar-refractivity contribution in [1.29, 1.82) is 0 Å². The van der Waals surface area contributed by atoms with Gasteiger partial charge in [0.2, 0.25) is 5.91 Å². The van der Waals surface area contributed by atoms with Crippen molar-refractivity contribution < 1.29 is 14.6 Å². The zero-order valence-corrected chi connectivity index (χ0v) is 12.3. The van der Waals surface area contributed by atoms with Gasteiger partial charge in [-0.2, -0.15) is 0 Å². The highest BCUT2D eigenvalue weighted by Gasteiger charge is 2.29. The maximum atomic E-state index is 12.0. The molecule has 0 bridgehead atoms. The lowest BCUT2D eigenvalue weighted by molar-refractivity contribution is -0.135. The fourth-order valence-corrected chi connectivity index (χ4v) is 2.29. The lowest BCUT2D eigenvalue weighted by atomic mass is 9.94. The van der Waals surface area contributed by atoms with Gasteiger partial charge < -0.3 is 14.7 Å². The molecule has 0 unspecified atom stereocenters. The second kappa shape index (κ2) is 6.27. The molecule has 1 fully saturated rings. The Morgan fingerprint density at radius 1 is 1.30 bits per heavy atom. The first-order chi connectivity index (χ1) is 9.46. The molecular formula is C16H23NO3. The molecule has 0 spiro atoms. The lowest BCUT2D eigenvalue weighted by Gasteiger charge is -2.35. The van der Waals surface area contributed by atoms with Crippen LogP contribution in [0.4, 0.5) is 0 Å². The number of benzene rings is 1. The summed E-state index contributed by atoms with van der Waals surface area (Å²) in [5, 5.41) is 9.86. The van der Waals surface area contributed by atoms with Crippen molar-refractivity contribution in [3.63, 3.8) is 0 Å². The van der Waals surface area contributed by atoms with E-state index in [0.717, 1.165) is 5.75 Å². The molecule has 110 valence electrons. The summed E-state index contributed by atoms with van der Waals surface area (Å²) in [4.78, 5) is 13.8. The molecule has 1 aliphatic heterocycles. The second-order valence-electron chi connectivity index (χ2n) is 5.79. The predicted octanol–water partition coefficient (Wildman–Crippen LogP) is 2.14. The molecule has 4 heteroatoms. The highest BCUT2D eigenvalue weighted by atomic mass is 16.5. The van der Waals surface area contributed by atoms with Crippen molar-refractivity contribution in [3.8, 4) is 5.75 Å². The van der Waals surface area contributed by atoms with Gasteiger partial charge in [0.05, 0.1) is 18.6 Å². The molecule has 0 aromatic heterocycles. The monoisotopic (exact) mass is 277 g/mol. The molecule has 1 amide bonds. The molecule has 2 rings (SSSR count). The van der Waals surface area contributed by atoms with Crippen LogP contribution in [0, 0.1) is 6.92 Å². The van der Waals surface area contributed by atoms with E-state index in [1.54, 1.807) is 0 Å². The summed E-state index contributed by atoms with van der Waals surface area (Å²) in [6, 6.07) is 7.81. The van der Waals surface area contributed by atoms with Crippen LogP contribution in [0.5, 0.6) is 5.75 Å². The largest absolute Gasteiger partial charge is 0.493 e. The Balaban J connectivity index is 1.71. The van der Waals surface area contributed by atoms with Gasteiger partial charge in [-0.15, -0.1) is 0 Å². The van der Waals surface area contributed by atoms with Crippen LogP contribution >= 0.6 is 0 Å². The van der Waals surface area contributed by atoms with Gasteiger partial charge in [0, 0.05) is 13.1 Å². The van der Waals surface area contributed by atoms with Gasteiger partial charge >= 0.3 is 0 Å². The minimum Gasteiger partial charge on any atom is -0.493 e. The Morgan fingerprint density at radius 2 is 1.90 bits per heavy atom. The minimum absolute atomic E-state index is 0.104. The van der Waals surface area contributed by atoms with Crippen LogP contribution < -0.4 is 4.74 Å². The quantitative estimate of drug-likeness (QED) is 0.917. The Bertz CT molecular complexity index is 443. The Labute approximate surface area is 120 Å².